The van der Waals surface area contributed by atoms with Crippen molar-refractivity contribution in [3.8, 4) is 0 Å². The summed E-state index contributed by atoms with van der Waals surface area (Å²) in [5.41, 5.74) is 1.27. The molecular weight excluding hydrogens is 280 g/mol. The summed E-state index contributed by atoms with van der Waals surface area (Å²) in [6, 6.07) is 2.70. The number of aryl methyl sites for hydroxylation is 1. The summed E-state index contributed by atoms with van der Waals surface area (Å²) in [5, 5.41) is 3.43. The van der Waals surface area contributed by atoms with Crippen LogP contribution in [0.5, 0.6) is 0 Å². The Labute approximate surface area is 133 Å². The number of rotatable bonds is 5. The summed E-state index contributed by atoms with van der Waals surface area (Å²) in [6.07, 6.45) is 1.25. The van der Waals surface area contributed by atoms with Gasteiger partial charge in [-0.2, -0.15) is 11.8 Å². The molecule has 4 heteroatoms. The zero-order valence-electron chi connectivity index (χ0n) is 14.2. The molecule has 0 atom stereocenters. The molecule has 0 spiro atoms. The molecule has 1 N–H and O–H groups in total. The minimum absolute atomic E-state index is 0.417. The van der Waals surface area contributed by atoms with Gasteiger partial charge >= 0.3 is 0 Å². The maximum absolute atomic E-state index is 6.05. The third-order valence-corrected chi connectivity index (χ3v) is 5.42. The van der Waals surface area contributed by atoms with Crippen molar-refractivity contribution in [2.45, 2.75) is 64.9 Å². The predicted molar refractivity (Wildman–Crippen MR) is 91.9 cm³/mol. The Bertz CT molecular complexity index is 454. The summed E-state index contributed by atoms with van der Waals surface area (Å²) in [6.45, 7) is 15.3. The lowest BCUT2D eigenvalue weighted by atomic mass is 10.1. The third kappa shape index (κ3) is 5.35. The second-order valence-electron chi connectivity index (χ2n) is 6.99. The molecule has 0 aromatic carbocycles. The normalized spacial score (nSPS) is 19.9. The fourth-order valence-electron chi connectivity index (χ4n) is 2.58. The van der Waals surface area contributed by atoms with Gasteiger partial charge in [-0.05, 0) is 31.5 Å². The molecule has 0 saturated carbocycles. The van der Waals surface area contributed by atoms with Crippen molar-refractivity contribution >= 4 is 11.8 Å². The Morgan fingerprint density at radius 1 is 1.38 bits per heavy atom. The lowest BCUT2D eigenvalue weighted by Gasteiger charge is -2.22. The highest BCUT2D eigenvalue weighted by molar-refractivity contribution is 8.00. The quantitative estimate of drug-likeness (QED) is 0.895. The zero-order chi connectivity index (χ0) is 15.5. The summed E-state index contributed by atoms with van der Waals surface area (Å²) in [7, 11) is 0. The Morgan fingerprint density at radius 2 is 2.14 bits per heavy atom. The molecule has 120 valence electrons. The van der Waals surface area contributed by atoms with Gasteiger partial charge < -0.3 is 9.73 Å². The molecule has 2 rings (SSSR count). The first-order chi connectivity index (χ1) is 9.85. The van der Waals surface area contributed by atoms with Crippen LogP contribution in [-0.4, -0.2) is 34.5 Å². The molecule has 0 amide bonds. The van der Waals surface area contributed by atoms with Crippen LogP contribution in [0.25, 0.3) is 0 Å². The average Bonchev–Trinajstić information content (AvgIpc) is 2.63. The molecule has 1 aromatic rings. The molecule has 1 saturated heterocycles. The highest BCUT2D eigenvalue weighted by Crippen LogP contribution is 2.31. The third-order valence-electron chi connectivity index (χ3n) is 4.05. The van der Waals surface area contributed by atoms with Crippen LogP contribution in [0.15, 0.2) is 10.5 Å². The first-order valence-electron chi connectivity index (χ1n) is 8.03. The van der Waals surface area contributed by atoms with E-state index in [1.54, 1.807) is 0 Å². The number of furan rings is 1. The van der Waals surface area contributed by atoms with E-state index in [4.69, 9.17) is 4.42 Å². The van der Waals surface area contributed by atoms with Crippen molar-refractivity contribution in [1.29, 1.82) is 0 Å². The van der Waals surface area contributed by atoms with E-state index in [2.05, 4.69) is 62.7 Å². The van der Waals surface area contributed by atoms with Crippen molar-refractivity contribution in [1.82, 2.24) is 10.2 Å². The Kier molecular flexibility index (Phi) is 5.81. The molecule has 1 aliphatic heterocycles. The van der Waals surface area contributed by atoms with Gasteiger partial charge in [0.15, 0.2) is 0 Å². The van der Waals surface area contributed by atoms with Crippen LogP contribution in [0.2, 0.25) is 0 Å². The minimum atomic E-state index is 0.417. The predicted octanol–water partition coefficient (Wildman–Crippen LogP) is 3.80. The van der Waals surface area contributed by atoms with Crippen LogP contribution >= 0.6 is 11.8 Å². The van der Waals surface area contributed by atoms with Gasteiger partial charge in [-0.25, -0.2) is 0 Å². The van der Waals surface area contributed by atoms with E-state index in [1.165, 1.54) is 24.3 Å². The fourth-order valence-corrected chi connectivity index (χ4v) is 3.72. The van der Waals surface area contributed by atoms with Crippen LogP contribution in [0.4, 0.5) is 0 Å². The van der Waals surface area contributed by atoms with Gasteiger partial charge in [-0.3, -0.25) is 4.90 Å². The van der Waals surface area contributed by atoms with Crippen molar-refractivity contribution < 1.29 is 4.42 Å². The number of hydrogen-bond acceptors (Lipinski definition) is 4. The van der Waals surface area contributed by atoms with Crippen LogP contribution in [0, 0.1) is 6.92 Å². The van der Waals surface area contributed by atoms with Gasteiger partial charge in [-0.15, -0.1) is 0 Å². The lowest BCUT2D eigenvalue weighted by Crippen LogP contribution is -2.26. The molecule has 0 aliphatic carbocycles. The maximum Gasteiger partial charge on any atom is 0.120 e. The maximum atomic E-state index is 6.05. The standard InChI is InChI=1S/C17H30N2OS/c1-13(2)18-11-16-14(3)10-15(20-16)12-19-7-6-17(4,5)21-9-8-19/h10,13,18H,6-9,11-12H2,1-5H3. The molecule has 1 aliphatic rings. The first-order valence-corrected chi connectivity index (χ1v) is 9.02. The smallest absolute Gasteiger partial charge is 0.120 e. The van der Waals surface area contributed by atoms with Gasteiger partial charge in [0.25, 0.3) is 0 Å². The zero-order valence-corrected chi connectivity index (χ0v) is 15.0. The Hall–Kier alpha value is -0.450. The first kappa shape index (κ1) is 16.9. The molecule has 0 radical (unpaired) electrons. The number of hydrogen-bond donors (Lipinski definition) is 1. The molecule has 2 heterocycles. The van der Waals surface area contributed by atoms with E-state index in [1.807, 2.05) is 0 Å². The van der Waals surface area contributed by atoms with Gasteiger partial charge in [-0.1, -0.05) is 27.7 Å². The summed E-state index contributed by atoms with van der Waals surface area (Å²) >= 11 is 2.09. The second kappa shape index (κ2) is 7.21. The van der Waals surface area contributed by atoms with Gasteiger partial charge in [0.1, 0.15) is 11.5 Å². The SMILES string of the molecule is Cc1cc(CN2CCSC(C)(C)CC2)oc1CNC(C)C. The Morgan fingerprint density at radius 3 is 2.86 bits per heavy atom. The highest BCUT2D eigenvalue weighted by Gasteiger charge is 2.24. The molecule has 3 nitrogen and oxygen atoms in total. The summed E-state index contributed by atoms with van der Waals surface area (Å²) in [5.74, 6) is 3.41. The van der Waals surface area contributed by atoms with Crippen molar-refractivity contribution in [2.24, 2.45) is 0 Å². The summed E-state index contributed by atoms with van der Waals surface area (Å²) in [4.78, 5) is 2.53. The van der Waals surface area contributed by atoms with E-state index in [0.29, 0.717) is 10.8 Å². The molecular formula is C17H30N2OS. The van der Waals surface area contributed by atoms with Gasteiger partial charge in [0.05, 0.1) is 13.1 Å². The van der Waals surface area contributed by atoms with E-state index in [9.17, 15) is 0 Å². The van der Waals surface area contributed by atoms with Crippen LogP contribution in [-0.2, 0) is 13.1 Å². The van der Waals surface area contributed by atoms with E-state index < -0.39 is 0 Å². The van der Waals surface area contributed by atoms with E-state index >= 15 is 0 Å². The van der Waals surface area contributed by atoms with Crippen molar-refractivity contribution in [3.05, 3.63) is 23.2 Å². The monoisotopic (exact) mass is 310 g/mol. The lowest BCUT2D eigenvalue weighted by molar-refractivity contribution is 0.250. The van der Waals surface area contributed by atoms with Gasteiger partial charge in [0.2, 0.25) is 0 Å². The van der Waals surface area contributed by atoms with E-state index in [-0.39, 0.29) is 0 Å². The second-order valence-corrected chi connectivity index (χ2v) is 8.79. The van der Waals surface area contributed by atoms with Crippen molar-refractivity contribution in [3.63, 3.8) is 0 Å². The highest BCUT2D eigenvalue weighted by atomic mass is 32.2. The number of thioether (sulfide) groups is 1. The van der Waals surface area contributed by atoms with Crippen LogP contribution in [0.3, 0.4) is 0 Å². The molecule has 0 unspecified atom stereocenters. The topological polar surface area (TPSA) is 28.4 Å². The van der Waals surface area contributed by atoms with Crippen LogP contribution < -0.4 is 5.32 Å². The average molecular weight is 311 g/mol. The molecule has 1 aromatic heterocycles. The van der Waals surface area contributed by atoms with Crippen molar-refractivity contribution in [2.75, 3.05) is 18.8 Å². The molecule has 21 heavy (non-hydrogen) atoms. The Balaban J connectivity index is 1.92. The number of nitrogens with one attached hydrogen (secondary N) is 1. The van der Waals surface area contributed by atoms with Crippen LogP contribution in [0.1, 0.15) is 51.2 Å². The fraction of sp³-hybridized carbons (Fsp3) is 0.765. The minimum Gasteiger partial charge on any atom is -0.463 e. The van der Waals surface area contributed by atoms with E-state index in [0.717, 1.165) is 31.2 Å². The summed E-state index contributed by atoms with van der Waals surface area (Å²) < 4.78 is 6.47. The van der Waals surface area contributed by atoms with Gasteiger partial charge in [0, 0.05) is 23.1 Å². The largest absolute Gasteiger partial charge is 0.463 e. The molecule has 1 fully saturated rings. The molecule has 0 bridgehead atoms. The number of nitrogens with zero attached hydrogens (tertiary/aromatic N) is 1.